The lowest BCUT2D eigenvalue weighted by atomic mass is 10.2. The fraction of sp³-hybridized carbons (Fsp3) is 0.333. The zero-order chi connectivity index (χ0) is 19.6. The number of imidazole rings is 1. The summed E-state index contributed by atoms with van der Waals surface area (Å²) in [6.45, 7) is 6.01. The molecule has 2 aromatic heterocycles. The summed E-state index contributed by atoms with van der Waals surface area (Å²) in [6.07, 6.45) is 1.06. The molecule has 1 saturated heterocycles. The minimum atomic E-state index is 0.126. The lowest BCUT2D eigenvalue weighted by Gasteiger charge is -2.26. The molecule has 29 heavy (non-hydrogen) atoms. The van der Waals surface area contributed by atoms with Crippen molar-refractivity contribution in [3.05, 3.63) is 60.4 Å². The summed E-state index contributed by atoms with van der Waals surface area (Å²) < 4.78 is 1.84. The summed E-state index contributed by atoms with van der Waals surface area (Å²) in [7, 11) is 0. The predicted octanol–water partition coefficient (Wildman–Crippen LogP) is 2.81. The molecule has 1 fully saturated rings. The van der Waals surface area contributed by atoms with Gasteiger partial charge in [0.1, 0.15) is 0 Å². The number of tetrazole rings is 1. The highest BCUT2D eigenvalue weighted by atomic mass is 15.6. The molecule has 1 aliphatic rings. The quantitative estimate of drug-likeness (QED) is 0.579. The molecule has 4 aromatic rings. The summed E-state index contributed by atoms with van der Waals surface area (Å²) in [5, 5.41) is 12.5. The number of hydrogen-bond acceptors (Lipinski definition) is 6. The molecule has 0 spiro atoms. The van der Waals surface area contributed by atoms with Gasteiger partial charge in [0.05, 0.1) is 22.8 Å². The number of aromatic amines is 1. The fourth-order valence-corrected chi connectivity index (χ4v) is 4.00. The van der Waals surface area contributed by atoms with E-state index in [2.05, 4.69) is 43.3 Å². The average Bonchev–Trinajstić information content (AvgIpc) is 3.35. The van der Waals surface area contributed by atoms with Crippen molar-refractivity contribution in [3.8, 4) is 5.69 Å². The molecular formula is C21H24N8. The first-order valence-corrected chi connectivity index (χ1v) is 10.1. The van der Waals surface area contributed by atoms with E-state index < -0.39 is 0 Å². The van der Waals surface area contributed by atoms with Crippen molar-refractivity contribution in [2.75, 3.05) is 31.1 Å². The summed E-state index contributed by atoms with van der Waals surface area (Å²) in [5.74, 6) is 1.82. The third-order valence-electron chi connectivity index (χ3n) is 5.62. The van der Waals surface area contributed by atoms with Gasteiger partial charge in [-0.1, -0.05) is 30.3 Å². The Balaban J connectivity index is 1.33. The maximum absolute atomic E-state index is 4.77. The summed E-state index contributed by atoms with van der Waals surface area (Å²) >= 11 is 0. The van der Waals surface area contributed by atoms with Crippen molar-refractivity contribution < 1.29 is 0 Å². The molecule has 5 rings (SSSR count). The number of hydrogen-bond donors (Lipinski definition) is 1. The molecular weight excluding hydrogens is 364 g/mol. The second-order valence-electron chi connectivity index (χ2n) is 7.41. The van der Waals surface area contributed by atoms with E-state index in [4.69, 9.17) is 4.98 Å². The number of nitrogens with zero attached hydrogens (tertiary/aromatic N) is 7. The standard InChI is InChI=1S/C21H24N8/c1-16(20-24-25-26-29(20)17-8-3-2-4-9-17)27-12-7-13-28(15-14-27)21-22-18-10-5-6-11-19(18)23-21/h2-6,8-11,16H,7,12-15H2,1H3,(H,22,23)/t16-/m1/s1. The van der Waals surface area contributed by atoms with Gasteiger partial charge < -0.3 is 9.88 Å². The van der Waals surface area contributed by atoms with Crippen molar-refractivity contribution in [3.63, 3.8) is 0 Å². The maximum Gasteiger partial charge on any atom is 0.203 e. The number of anilines is 1. The highest BCUT2D eigenvalue weighted by Crippen LogP contribution is 2.23. The molecule has 0 amide bonds. The Kier molecular flexibility index (Phi) is 4.69. The highest BCUT2D eigenvalue weighted by Gasteiger charge is 2.25. The zero-order valence-electron chi connectivity index (χ0n) is 16.4. The third kappa shape index (κ3) is 3.47. The van der Waals surface area contributed by atoms with Crippen LogP contribution in [0.2, 0.25) is 0 Å². The summed E-state index contributed by atoms with van der Waals surface area (Å²) in [5.41, 5.74) is 3.08. The van der Waals surface area contributed by atoms with Crippen LogP contribution < -0.4 is 4.90 Å². The van der Waals surface area contributed by atoms with Crippen LogP contribution in [0.5, 0.6) is 0 Å². The van der Waals surface area contributed by atoms with E-state index in [-0.39, 0.29) is 6.04 Å². The van der Waals surface area contributed by atoms with Gasteiger partial charge in [-0.05, 0) is 48.0 Å². The molecule has 8 nitrogen and oxygen atoms in total. The van der Waals surface area contributed by atoms with Gasteiger partial charge in [-0.15, -0.1) is 5.10 Å². The Morgan fingerprint density at radius 2 is 1.76 bits per heavy atom. The molecule has 0 aliphatic carbocycles. The lowest BCUT2D eigenvalue weighted by molar-refractivity contribution is 0.215. The number of para-hydroxylation sites is 3. The Labute approximate surface area is 169 Å². The van der Waals surface area contributed by atoms with Crippen LogP contribution in [0.4, 0.5) is 5.95 Å². The van der Waals surface area contributed by atoms with Crippen molar-refractivity contribution in [2.24, 2.45) is 0 Å². The molecule has 0 radical (unpaired) electrons. The van der Waals surface area contributed by atoms with Gasteiger partial charge in [-0.2, -0.15) is 4.68 Å². The van der Waals surface area contributed by atoms with E-state index in [9.17, 15) is 0 Å². The van der Waals surface area contributed by atoms with Gasteiger partial charge in [0, 0.05) is 26.2 Å². The minimum Gasteiger partial charge on any atom is -0.341 e. The number of nitrogens with one attached hydrogen (secondary N) is 1. The monoisotopic (exact) mass is 388 g/mol. The van der Waals surface area contributed by atoms with E-state index in [0.29, 0.717) is 0 Å². The van der Waals surface area contributed by atoms with E-state index in [1.54, 1.807) is 0 Å². The second kappa shape index (κ2) is 7.63. The molecule has 3 heterocycles. The number of fused-ring (bicyclic) bond motifs is 1. The van der Waals surface area contributed by atoms with Gasteiger partial charge in [0.25, 0.3) is 0 Å². The van der Waals surface area contributed by atoms with E-state index in [1.165, 1.54) is 0 Å². The lowest BCUT2D eigenvalue weighted by Crippen LogP contribution is -2.34. The minimum absolute atomic E-state index is 0.126. The number of benzene rings is 2. The molecule has 1 atom stereocenters. The molecule has 0 unspecified atom stereocenters. The molecule has 0 bridgehead atoms. The predicted molar refractivity (Wildman–Crippen MR) is 112 cm³/mol. The van der Waals surface area contributed by atoms with Crippen LogP contribution in [0, 0.1) is 0 Å². The van der Waals surface area contributed by atoms with Crippen LogP contribution in [0.25, 0.3) is 16.7 Å². The van der Waals surface area contributed by atoms with Crippen LogP contribution in [-0.2, 0) is 0 Å². The second-order valence-corrected chi connectivity index (χ2v) is 7.41. The van der Waals surface area contributed by atoms with Crippen LogP contribution in [0.3, 0.4) is 0 Å². The topological polar surface area (TPSA) is 78.8 Å². The maximum atomic E-state index is 4.77. The van der Waals surface area contributed by atoms with Gasteiger partial charge in [0.15, 0.2) is 5.82 Å². The van der Waals surface area contributed by atoms with Crippen LogP contribution in [0.15, 0.2) is 54.6 Å². The molecule has 1 aliphatic heterocycles. The summed E-state index contributed by atoms with van der Waals surface area (Å²) in [6, 6.07) is 18.4. The largest absolute Gasteiger partial charge is 0.341 e. The number of aromatic nitrogens is 6. The van der Waals surface area contributed by atoms with Crippen molar-refractivity contribution in [1.82, 2.24) is 35.1 Å². The number of H-pyrrole nitrogens is 1. The SMILES string of the molecule is C[C@H](c1nnnn1-c1ccccc1)N1CCCN(c2nc3ccccc3[nH]2)CC1. The molecule has 148 valence electrons. The smallest absolute Gasteiger partial charge is 0.203 e. The third-order valence-corrected chi connectivity index (χ3v) is 5.62. The molecule has 0 saturated carbocycles. The van der Waals surface area contributed by atoms with Gasteiger partial charge >= 0.3 is 0 Å². The molecule has 8 heteroatoms. The fourth-order valence-electron chi connectivity index (χ4n) is 4.00. The molecule has 2 aromatic carbocycles. The molecule has 1 N–H and O–H groups in total. The Hall–Kier alpha value is -3.26. The van der Waals surface area contributed by atoms with Crippen molar-refractivity contribution in [1.29, 1.82) is 0 Å². The Bertz CT molecular complexity index is 1050. The van der Waals surface area contributed by atoms with E-state index in [0.717, 1.165) is 61.1 Å². The van der Waals surface area contributed by atoms with E-state index in [1.807, 2.05) is 53.2 Å². The van der Waals surface area contributed by atoms with Gasteiger partial charge in [-0.25, -0.2) is 4.98 Å². The zero-order valence-corrected chi connectivity index (χ0v) is 16.4. The van der Waals surface area contributed by atoms with Crippen LogP contribution in [-0.4, -0.2) is 61.3 Å². The summed E-state index contributed by atoms with van der Waals surface area (Å²) in [4.78, 5) is 13.0. The first-order chi connectivity index (χ1) is 14.3. The average molecular weight is 388 g/mol. The van der Waals surface area contributed by atoms with Gasteiger partial charge in [0.2, 0.25) is 5.95 Å². The van der Waals surface area contributed by atoms with Crippen molar-refractivity contribution in [2.45, 2.75) is 19.4 Å². The van der Waals surface area contributed by atoms with E-state index >= 15 is 0 Å². The van der Waals surface area contributed by atoms with Crippen LogP contribution in [0.1, 0.15) is 25.2 Å². The Morgan fingerprint density at radius 3 is 2.62 bits per heavy atom. The van der Waals surface area contributed by atoms with Crippen molar-refractivity contribution >= 4 is 17.0 Å². The van der Waals surface area contributed by atoms with Gasteiger partial charge in [-0.3, -0.25) is 4.90 Å². The van der Waals surface area contributed by atoms with Crippen LogP contribution >= 0.6 is 0 Å². The number of rotatable bonds is 4. The first kappa shape index (κ1) is 17.8. The highest BCUT2D eigenvalue weighted by molar-refractivity contribution is 5.77. The Morgan fingerprint density at radius 1 is 0.931 bits per heavy atom. The first-order valence-electron chi connectivity index (χ1n) is 10.1. The normalized spacial score (nSPS) is 16.8.